The molecule has 5 nitrogen and oxygen atoms in total. The van der Waals surface area contributed by atoms with Crippen LogP contribution in [0.25, 0.3) is 0 Å². The molecular formula is C18H18N4O. The van der Waals surface area contributed by atoms with Crippen molar-refractivity contribution >= 4 is 17.3 Å². The number of amides is 1. The molecule has 0 aliphatic carbocycles. The van der Waals surface area contributed by atoms with Gasteiger partial charge in [0.25, 0.3) is 5.91 Å². The smallest absolute Gasteiger partial charge is 0.255 e. The maximum atomic E-state index is 12.3. The molecule has 0 atom stereocenters. The van der Waals surface area contributed by atoms with Crippen LogP contribution in [0.3, 0.4) is 0 Å². The Kier molecular flexibility index (Phi) is 4.10. The molecule has 3 N–H and O–H groups in total. The number of nitrogens with two attached hydrogens (primary N) is 1. The lowest BCUT2D eigenvalue weighted by Gasteiger charge is -2.08. The van der Waals surface area contributed by atoms with Gasteiger partial charge in [0.15, 0.2) is 0 Å². The van der Waals surface area contributed by atoms with E-state index in [1.807, 2.05) is 48.1 Å². The van der Waals surface area contributed by atoms with Crippen molar-refractivity contribution in [2.45, 2.75) is 13.5 Å². The Labute approximate surface area is 134 Å². The van der Waals surface area contributed by atoms with Crippen molar-refractivity contribution in [3.8, 4) is 0 Å². The van der Waals surface area contributed by atoms with Crippen LogP contribution in [-0.4, -0.2) is 15.7 Å². The average Bonchev–Trinajstić information content (AvgIpc) is 2.95. The standard InChI is InChI=1S/C18H18N4O/c1-13-10-11-22(21-13)12-14-6-8-15(9-7-14)18(23)20-17-5-3-2-4-16(17)19/h2-11H,12,19H2,1H3,(H,20,23). The van der Waals surface area contributed by atoms with Crippen molar-refractivity contribution < 1.29 is 4.79 Å². The zero-order valence-electron chi connectivity index (χ0n) is 12.9. The second-order valence-corrected chi connectivity index (χ2v) is 5.39. The van der Waals surface area contributed by atoms with Crippen molar-refractivity contribution in [1.82, 2.24) is 9.78 Å². The Balaban J connectivity index is 1.69. The summed E-state index contributed by atoms with van der Waals surface area (Å²) >= 11 is 0. The van der Waals surface area contributed by atoms with Crippen molar-refractivity contribution in [3.63, 3.8) is 0 Å². The first-order valence-corrected chi connectivity index (χ1v) is 7.37. The zero-order chi connectivity index (χ0) is 16.2. The third kappa shape index (κ3) is 3.58. The number of carbonyl (C=O) groups excluding carboxylic acids is 1. The first-order chi connectivity index (χ1) is 11.1. The quantitative estimate of drug-likeness (QED) is 0.728. The number of anilines is 2. The summed E-state index contributed by atoms with van der Waals surface area (Å²) in [7, 11) is 0. The van der Waals surface area contributed by atoms with Gasteiger partial charge in [-0.15, -0.1) is 0 Å². The largest absolute Gasteiger partial charge is 0.397 e. The molecule has 0 radical (unpaired) electrons. The molecule has 3 rings (SSSR count). The second-order valence-electron chi connectivity index (χ2n) is 5.39. The SMILES string of the molecule is Cc1ccn(Cc2ccc(C(=O)Nc3ccccc3N)cc2)n1. The number of nitrogens with zero attached hydrogens (tertiary/aromatic N) is 2. The number of hydrogen-bond donors (Lipinski definition) is 2. The summed E-state index contributed by atoms with van der Waals surface area (Å²) in [6.07, 6.45) is 1.94. The predicted molar refractivity (Wildman–Crippen MR) is 91.3 cm³/mol. The molecule has 116 valence electrons. The van der Waals surface area contributed by atoms with Gasteiger partial charge < -0.3 is 11.1 Å². The van der Waals surface area contributed by atoms with Crippen molar-refractivity contribution in [2.75, 3.05) is 11.1 Å². The van der Waals surface area contributed by atoms with E-state index >= 15 is 0 Å². The summed E-state index contributed by atoms with van der Waals surface area (Å²) in [6, 6.07) is 16.6. The number of nitrogen functional groups attached to an aromatic ring is 1. The Hall–Kier alpha value is -3.08. The summed E-state index contributed by atoms with van der Waals surface area (Å²) in [5.74, 6) is -0.176. The highest BCUT2D eigenvalue weighted by molar-refractivity contribution is 6.05. The van der Waals surface area contributed by atoms with Crippen molar-refractivity contribution in [1.29, 1.82) is 0 Å². The van der Waals surface area contributed by atoms with Gasteiger partial charge in [-0.2, -0.15) is 5.10 Å². The van der Waals surface area contributed by atoms with E-state index in [2.05, 4.69) is 10.4 Å². The molecule has 0 bridgehead atoms. The number of benzene rings is 2. The topological polar surface area (TPSA) is 72.9 Å². The molecule has 0 unspecified atom stereocenters. The van der Waals surface area contributed by atoms with E-state index in [0.717, 1.165) is 11.3 Å². The number of hydrogen-bond acceptors (Lipinski definition) is 3. The lowest BCUT2D eigenvalue weighted by atomic mass is 10.1. The van der Waals surface area contributed by atoms with Crippen LogP contribution in [0.2, 0.25) is 0 Å². The Morgan fingerprint density at radius 1 is 1.13 bits per heavy atom. The Bertz CT molecular complexity index is 821. The van der Waals surface area contributed by atoms with Gasteiger partial charge in [-0.1, -0.05) is 24.3 Å². The van der Waals surface area contributed by atoms with Crippen LogP contribution in [0.4, 0.5) is 11.4 Å². The van der Waals surface area contributed by atoms with E-state index in [-0.39, 0.29) is 5.91 Å². The maximum absolute atomic E-state index is 12.3. The van der Waals surface area contributed by atoms with E-state index in [1.54, 1.807) is 24.3 Å². The normalized spacial score (nSPS) is 10.5. The molecule has 2 aromatic carbocycles. The van der Waals surface area contributed by atoms with Gasteiger partial charge in [-0.25, -0.2) is 0 Å². The molecule has 1 aromatic heterocycles. The van der Waals surface area contributed by atoms with Gasteiger partial charge in [0.05, 0.1) is 23.6 Å². The van der Waals surface area contributed by atoms with Crippen LogP contribution in [0.15, 0.2) is 60.8 Å². The molecule has 1 amide bonds. The first kappa shape index (κ1) is 14.8. The molecule has 0 fully saturated rings. The fraction of sp³-hybridized carbons (Fsp3) is 0.111. The fourth-order valence-electron chi connectivity index (χ4n) is 2.31. The summed E-state index contributed by atoms with van der Waals surface area (Å²) in [4.78, 5) is 12.3. The zero-order valence-corrected chi connectivity index (χ0v) is 12.9. The summed E-state index contributed by atoms with van der Waals surface area (Å²) in [5.41, 5.74) is 9.67. The highest BCUT2D eigenvalue weighted by Crippen LogP contribution is 2.18. The Morgan fingerprint density at radius 3 is 2.52 bits per heavy atom. The lowest BCUT2D eigenvalue weighted by molar-refractivity contribution is 0.102. The molecule has 5 heteroatoms. The Morgan fingerprint density at radius 2 is 1.87 bits per heavy atom. The van der Waals surface area contributed by atoms with E-state index < -0.39 is 0 Å². The minimum Gasteiger partial charge on any atom is -0.397 e. The minimum atomic E-state index is -0.176. The molecule has 1 heterocycles. The summed E-state index contributed by atoms with van der Waals surface area (Å²) < 4.78 is 1.87. The van der Waals surface area contributed by atoms with Crippen LogP contribution in [0, 0.1) is 6.92 Å². The van der Waals surface area contributed by atoms with Crippen LogP contribution in [-0.2, 0) is 6.54 Å². The molecule has 0 spiro atoms. The van der Waals surface area contributed by atoms with Crippen LogP contribution in [0.1, 0.15) is 21.6 Å². The maximum Gasteiger partial charge on any atom is 0.255 e. The highest BCUT2D eigenvalue weighted by atomic mass is 16.1. The minimum absolute atomic E-state index is 0.176. The van der Waals surface area contributed by atoms with E-state index in [9.17, 15) is 4.79 Å². The van der Waals surface area contributed by atoms with E-state index in [4.69, 9.17) is 5.73 Å². The summed E-state index contributed by atoms with van der Waals surface area (Å²) in [5, 5.41) is 7.17. The lowest BCUT2D eigenvalue weighted by Crippen LogP contribution is -2.13. The third-order valence-corrected chi connectivity index (χ3v) is 3.54. The van der Waals surface area contributed by atoms with Crippen molar-refractivity contribution in [2.24, 2.45) is 0 Å². The van der Waals surface area contributed by atoms with Crippen molar-refractivity contribution in [3.05, 3.63) is 77.6 Å². The molecular weight excluding hydrogens is 288 g/mol. The predicted octanol–water partition coefficient (Wildman–Crippen LogP) is 3.07. The average molecular weight is 306 g/mol. The number of aromatic nitrogens is 2. The van der Waals surface area contributed by atoms with E-state index in [0.29, 0.717) is 23.5 Å². The van der Waals surface area contributed by atoms with Gasteiger partial charge >= 0.3 is 0 Å². The molecule has 0 aliphatic rings. The van der Waals surface area contributed by atoms with Gasteiger partial charge in [0.2, 0.25) is 0 Å². The number of nitrogens with one attached hydrogen (secondary N) is 1. The third-order valence-electron chi connectivity index (χ3n) is 3.54. The number of para-hydroxylation sites is 2. The van der Waals surface area contributed by atoms with Crippen LogP contribution < -0.4 is 11.1 Å². The number of aryl methyl sites for hydroxylation is 1. The number of carbonyl (C=O) groups is 1. The first-order valence-electron chi connectivity index (χ1n) is 7.37. The van der Waals surface area contributed by atoms with Gasteiger partial charge in [-0.05, 0) is 42.8 Å². The van der Waals surface area contributed by atoms with Gasteiger partial charge in [0, 0.05) is 11.8 Å². The summed E-state index contributed by atoms with van der Waals surface area (Å²) in [6.45, 7) is 2.64. The monoisotopic (exact) mass is 306 g/mol. The molecule has 0 aliphatic heterocycles. The fourth-order valence-corrected chi connectivity index (χ4v) is 2.31. The molecule has 0 saturated carbocycles. The van der Waals surface area contributed by atoms with E-state index in [1.165, 1.54) is 0 Å². The molecule has 3 aromatic rings. The second kappa shape index (κ2) is 6.36. The van der Waals surface area contributed by atoms with Gasteiger partial charge in [-0.3, -0.25) is 9.48 Å². The molecule has 0 saturated heterocycles. The van der Waals surface area contributed by atoms with Gasteiger partial charge in [0.1, 0.15) is 0 Å². The highest BCUT2D eigenvalue weighted by Gasteiger charge is 2.08. The number of rotatable bonds is 4. The molecule has 23 heavy (non-hydrogen) atoms. The van der Waals surface area contributed by atoms with Crippen LogP contribution >= 0.6 is 0 Å². The van der Waals surface area contributed by atoms with Crippen LogP contribution in [0.5, 0.6) is 0 Å².